The minimum Gasteiger partial charge on any atom is -0.324 e. The molecule has 0 saturated heterocycles. The molecule has 12 heavy (non-hydrogen) atoms. The van der Waals surface area contributed by atoms with Crippen molar-refractivity contribution < 1.29 is 0 Å². The van der Waals surface area contributed by atoms with E-state index in [1.54, 1.807) is 11.3 Å². The fourth-order valence-corrected chi connectivity index (χ4v) is 2.21. The average Bonchev–Trinajstić information content (AvgIpc) is 2.56. The first-order valence-corrected chi connectivity index (χ1v) is 5.09. The first-order chi connectivity index (χ1) is 5.86. The first kappa shape index (κ1) is 7.95. The molecule has 64 valence electrons. The molecule has 0 aromatic carbocycles. The number of rotatable bonds is 1. The van der Waals surface area contributed by atoms with Crippen LogP contribution in [-0.2, 0) is 0 Å². The molecule has 0 saturated carbocycles. The third kappa shape index (κ3) is 1.57. The maximum absolute atomic E-state index is 5.84. The summed E-state index contributed by atoms with van der Waals surface area (Å²) in [6.45, 7) is 0. The van der Waals surface area contributed by atoms with Crippen molar-refractivity contribution in [2.45, 2.75) is 25.3 Å². The lowest BCUT2D eigenvalue weighted by molar-refractivity contribution is 0.655. The fourth-order valence-electron chi connectivity index (χ4n) is 1.53. The minimum atomic E-state index is 0.260. The van der Waals surface area contributed by atoms with Gasteiger partial charge in [0, 0.05) is 17.1 Å². The zero-order valence-electron chi connectivity index (χ0n) is 6.86. The molecule has 2 N–H and O–H groups in total. The molecule has 1 aromatic heterocycles. The molecular formula is C9H12N2S. The van der Waals surface area contributed by atoms with Crippen LogP contribution in [0.5, 0.6) is 0 Å². The van der Waals surface area contributed by atoms with Crippen LogP contribution in [-0.4, -0.2) is 11.0 Å². The van der Waals surface area contributed by atoms with Crippen LogP contribution in [0.3, 0.4) is 0 Å². The topological polar surface area (TPSA) is 38.9 Å². The number of hydrogen-bond acceptors (Lipinski definition) is 3. The molecule has 0 bridgehead atoms. The van der Waals surface area contributed by atoms with Crippen molar-refractivity contribution in [1.29, 1.82) is 0 Å². The lowest BCUT2D eigenvalue weighted by Crippen LogP contribution is -2.19. The van der Waals surface area contributed by atoms with E-state index in [0.717, 1.165) is 12.8 Å². The highest BCUT2D eigenvalue weighted by Gasteiger charge is 2.11. The van der Waals surface area contributed by atoms with Crippen LogP contribution >= 0.6 is 11.3 Å². The summed E-state index contributed by atoms with van der Waals surface area (Å²) in [6.07, 6.45) is 7.61. The highest BCUT2D eigenvalue weighted by Crippen LogP contribution is 2.28. The van der Waals surface area contributed by atoms with Crippen molar-refractivity contribution in [3.63, 3.8) is 0 Å². The largest absolute Gasteiger partial charge is 0.324 e. The maximum atomic E-state index is 5.84. The summed E-state index contributed by atoms with van der Waals surface area (Å²) in [5.41, 5.74) is 9.10. The molecule has 0 aliphatic heterocycles. The lowest BCUT2D eigenvalue weighted by Gasteiger charge is -2.16. The van der Waals surface area contributed by atoms with Crippen LogP contribution < -0.4 is 5.73 Å². The summed E-state index contributed by atoms with van der Waals surface area (Å²) in [6, 6.07) is 0.260. The highest BCUT2D eigenvalue weighted by molar-refractivity contribution is 7.10. The molecule has 1 atom stereocenters. The molecule has 3 heteroatoms. The van der Waals surface area contributed by atoms with Gasteiger partial charge in [0.1, 0.15) is 0 Å². The first-order valence-electron chi connectivity index (χ1n) is 4.21. The Bertz CT molecular complexity index is 277. The second-order valence-electron chi connectivity index (χ2n) is 3.11. The van der Waals surface area contributed by atoms with Gasteiger partial charge in [0.25, 0.3) is 0 Å². The van der Waals surface area contributed by atoms with Gasteiger partial charge in [-0.15, -0.1) is 11.3 Å². The smallest absolute Gasteiger partial charge is 0.0797 e. The monoisotopic (exact) mass is 180 g/mol. The average molecular weight is 180 g/mol. The van der Waals surface area contributed by atoms with Crippen molar-refractivity contribution >= 4 is 16.9 Å². The summed E-state index contributed by atoms with van der Waals surface area (Å²) in [4.78, 5) is 5.34. The van der Waals surface area contributed by atoms with Gasteiger partial charge < -0.3 is 5.73 Å². The molecule has 0 spiro atoms. The third-order valence-electron chi connectivity index (χ3n) is 2.15. The number of nitrogens with two attached hydrogens (primary N) is 1. The van der Waals surface area contributed by atoms with Crippen molar-refractivity contribution in [3.8, 4) is 0 Å². The minimum absolute atomic E-state index is 0.260. The summed E-state index contributed by atoms with van der Waals surface area (Å²) < 4.78 is 0. The number of thiazole rings is 1. The predicted molar refractivity (Wildman–Crippen MR) is 51.9 cm³/mol. The normalized spacial score (nSPS) is 23.8. The Morgan fingerprint density at radius 1 is 1.58 bits per heavy atom. The van der Waals surface area contributed by atoms with Crippen molar-refractivity contribution in [2.24, 2.45) is 5.73 Å². The number of allylic oxidation sites excluding steroid dienone is 1. The van der Waals surface area contributed by atoms with Gasteiger partial charge in [-0.3, -0.25) is 4.98 Å². The van der Waals surface area contributed by atoms with Crippen LogP contribution in [0.15, 0.2) is 17.8 Å². The molecule has 1 heterocycles. The van der Waals surface area contributed by atoms with E-state index in [0.29, 0.717) is 0 Å². The second kappa shape index (κ2) is 3.37. The van der Waals surface area contributed by atoms with E-state index in [2.05, 4.69) is 11.1 Å². The summed E-state index contributed by atoms with van der Waals surface area (Å²) in [5.74, 6) is 0. The van der Waals surface area contributed by atoms with Gasteiger partial charge in [0.2, 0.25) is 0 Å². The van der Waals surface area contributed by atoms with Crippen LogP contribution in [0.1, 0.15) is 24.1 Å². The van der Waals surface area contributed by atoms with Crippen LogP contribution in [0, 0.1) is 0 Å². The summed E-state index contributed by atoms with van der Waals surface area (Å²) in [7, 11) is 0. The van der Waals surface area contributed by atoms with Gasteiger partial charge in [-0.25, -0.2) is 0 Å². The van der Waals surface area contributed by atoms with Crippen molar-refractivity contribution in [3.05, 3.63) is 22.7 Å². The van der Waals surface area contributed by atoms with Gasteiger partial charge in [-0.1, -0.05) is 6.08 Å². The molecule has 2 nitrogen and oxygen atoms in total. The summed E-state index contributed by atoms with van der Waals surface area (Å²) >= 11 is 1.70. The lowest BCUT2D eigenvalue weighted by atomic mass is 9.96. The zero-order valence-corrected chi connectivity index (χ0v) is 7.68. The Morgan fingerprint density at radius 2 is 2.50 bits per heavy atom. The van der Waals surface area contributed by atoms with Gasteiger partial charge in [-0.05, 0) is 24.8 Å². The molecule has 1 unspecified atom stereocenters. The van der Waals surface area contributed by atoms with Crippen LogP contribution in [0.4, 0.5) is 0 Å². The van der Waals surface area contributed by atoms with Gasteiger partial charge in [-0.2, -0.15) is 0 Å². The van der Waals surface area contributed by atoms with E-state index in [4.69, 9.17) is 5.73 Å². The Hall–Kier alpha value is -0.670. The Balaban J connectivity index is 2.23. The zero-order chi connectivity index (χ0) is 8.39. The van der Waals surface area contributed by atoms with Gasteiger partial charge in [0.15, 0.2) is 0 Å². The van der Waals surface area contributed by atoms with Crippen LogP contribution in [0.25, 0.3) is 5.57 Å². The third-order valence-corrected chi connectivity index (χ3v) is 3.00. The van der Waals surface area contributed by atoms with E-state index in [1.165, 1.54) is 16.9 Å². The standard InChI is InChI=1S/C9H12N2S/c10-8-3-1-2-7(4-8)9-5-11-6-12-9/h4-6,8H,1-3,10H2. The number of nitrogens with zero attached hydrogens (tertiary/aromatic N) is 1. The Kier molecular flexibility index (Phi) is 2.23. The predicted octanol–water partition coefficient (Wildman–Crippen LogP) is 2.04. The number of hydrogen-bond donors (Lipinski definition) is 1. The van der Waals surface area contributed by atoms with E-state index >= 15 is 0 Å². The molecule has 0 radical (unpaired) electrons. The second-order valence-corrected chi connectivity index (χ2v) is 4.00. The molecule has 1 aliphatic carbocycles. The van der Waals surface area contributed by atoms with Gasteiger partial charge in [0.05, 0.1) is 5.51 Å². The highest BCUT2D eigenvalue weighted by atomic mass is 32.1. The Labute approximate surface area is 76.1 Å². The van der Waals surface area contributed by atoms with Crippen molar-refractivity contribution in [1.82, 2.24) is 4.98 Å². The van der Waals surface area contributed by atoms with E-state index in [-0.39, 0.29) is 6.04 Å². The van der Waals surface area contributed by atoms with E-state index in [1.807, 2.05) is 11.7 Å². The van der Waals surface area contributed by atoms with E-state index in [9.17, 15) is 0 Å². The number of aromatic nitrogens is 1. The molecule has 1 aromatic rings. The molecule has 1 aliphatic rings. The molecule has 0 amide bonds. The molecule has 2 rings (SSSR count). The van der Waals surface area contributed by atoms with Gasteiger partial charge >= 0.3 is 0 Å². The Morgan fingerprint density at radius 3 is 3.17 bits per heavy atom. The van der Waals surface area contributed by atoms with Crippen molar-refractivity contribution in [2.75, 3.05) is 0 Å². The van der Waals surface area contributed by atoms with Crippen LogP contribution in [0.2, 0.25) is 0 Å². The van der Waals surface area contributed by atoms with E-state index < -0.39 is 0 Å². The SMILES string of the molecule is NC1C=C(c2cncs2)CCC1. The fraction of sp³-hybridized carbons (Fsp3) is 0.444. The quantitative estimate of drug-likeness (QED) is 0.718. The molecular weight excluding hydrogens is 168 g/mol. The molecule has 0 fully saturated rings. The maximum Gasteiger partial charge on any atom is 0.0797 e. The summed E-state index contributed by atoms with van der Waals surface area (Å²) in [5, 5.41) is 0.